The monoisotopic (exact) mass is 503 g/mol. The van der Waals surface area contributed by atoms with Crippen molar-refractivity contribution in [1.29, 1.82) is 0 Å². The average Bonchev–Trinajstić information content (AvgIpc) is 2.82. The van der Waals surface area contributed by atoms with Gasteiger partial charge in [0.15, 0.2) is 17.5 Å². The van der Waals surface area contributed by atoms with E-state index in [9.17, 15) is 18.0 Å². The second-order valence-corrected chi connectivity index (χ2v) is 8.46. The van der Waals surface area contributed by atoms with Gasteiger partial charge in [-0.3, -0.25) is 4.90 Å². The molecule has 166 valence electrons. The summed E-state index contributed by atoms with van der Waals surface area (Å²) in [6.07, 6.45) is 0. The van der Waals surface area contributed by atoms with Gasteiger partial charge in [-0.25, -0.2) is 18.0 Å². The minimum absolute atomic E-state index is 0.0261. The lowest BCUT2D eigenvalue weighted by atomic mass is 9.96. The highest BCUT2D eigenvalue weighted by Crippen LogP contribution is 2.30. The maximum atomic E-state index is 13.9. The SMILES string of the molecule is O=C(Nc1ccc(F)c(F)c1F)N1CCN(C(c2ccccc2)c2ccc(Br)cc2)CC1. The van der Waals surface area contributed by atoms with Crippen molar-refractivity contribution in [3.8, 4) is 0 Å². The van der Waals surface area contributed by atoms with Gasteiger partial charge in [-0.1, -0.05) is 58.4 Å². The van der Waals surface area contributed by atoms with Crippen LogP contribution in [-0.4, -0.2) is 42.0 Å². The molecule has 3 aromatic rings. The van der Waals surface area contributed by atoms with Gasteiger partial charge in [0.2, 0.25) is 0 Å². The zero-order chi connectivity index (χ0) is 22.7. The number of carbonyl (C=O) groups excluding carboxylic acids is 1. The third kappa shape index (κ3) is 4.81. The zero-order valence-electron chi connectivity index (χ0n) is 17.1. The topological polar surface area (TPSA) is 35.6 Å². The molecular formula is C24H21BrF3N3O. The van der Waals surface area contributed by atoms with Gasteiger partial charge in [0.25, 0.3) is 0 Å². The molecule has 1 aliphatic heterocycles. The Balaban J connectivity index is 1.47. The van der Waals surface area contributed by atoms with E-state index in [2.05, 4.69) is 50.4 Å². The molecule has 8 heteroatoms. The van der Waals surface area contributed by atoms with E-state index in [1.54, 1.807) is 4.90 Å². The van der Waals surface area contributed by atoms with E-state index in [4.69, 9.17) is 0 Å². The van der Waals surface area contributed by atoms with Crippen LogP contribution in [0.1, 0.15) is 17.2 Å². The Bertz CT molecular complexity index is 1090. The van der Waals surface area contributed by atoms with Gasteiger partial charge in [0, 0.05) is 30.7 Å². The standard InChI is InChI=1S/C24H21BrF3N3O/c25-18-8-6-17(7-9-18)23(16-4-2-1-3-5-16)30-12-14-31(15-13-30)24(32)29-20-11-10-19(26)21(27)22(20)28/h1-11,23H,12-15H2,(H,29,32). The highest BCUT2D eigenvalue weighted by Gasteiger charge is 2.28. The number of piperazine rings is 1. The van der Waals surface area contributed by atoms with Crippen molar-refractivity contribution < 1.29 is 18.0 Å². The molecule has 1 fully saturated rings. The van der Waals surface area contributed by atoms with Crippen molar-refractivity contribution >= 4 is 27.6 Å². The van der Waals surface area contributed by atoms with Crippen LogP contribution in [0.15, 0.2) is 71.2 Å². The van der Waals surface area contributed by atoms with Crippen molar-refractivity contribution in [3.63, 3.8) is 0 Å². The van der Waals surface area contributed by atoms with Crippen LogP contribution in [0.4, 0.5) is 23.7 Å². The largest absolute Gasteiger partial charge is 0.322 e. The molecule has 0 spiro atoms. The van der Waals surface area contributed by atoms with E-state index in [0.29, 0.717) is 26.2 Å². The van der Waals surface area contributed by atoms with Crippen LogP contribution in [-0.2, 0) is 0 Å². The smallest absolute Gasteiger partial charge is 0.322 e. The summed E-state index contributed by atoms with van der Waals surface area (Å²) in [5, 5.41) is 2.34. The van der Waals surface area contributed by atoms with Gasteiger partial charge in [-0.15, -0.1) is 0 Å². The summed E-state index contributed by atoms with van der Waals surface area (Å²) in [4.78, 5) is 16.4. The summed E-state index contributed by atoms with van der Waals surface area (Å²) in [5.74, 6) is -4.31. The Morgan fingerprint density at radius 1 is 0.812 bits per heavy atom. The zero-order valence-corrected chi connectivity index (χ0v) is 18.7. The normalized spacial score (nSPS) is 15.4. The second kappa shape index (κ2) is 9.75. The fraction of sp³-hybridized carbons (Fsp3) is 0.208. The minimum Gasteiger partial charge on any atom is -0.322 e. The summed E-state index contributed by atoms with van der Waals surface area (Å²) < 4.78 is 41.5. The van der Waals surface area contributed by atoms with Crippen LogP contribution in [0.5, 0.6) is 0 Å². The first-order valence-electron chi connectivity index (χ1n) is 10.2. The predicted octanol–water partition coefficient (Wildman–Crippen LogP) is 5.81. The maximum Gasteiger partial charge on any atom is 0.322 e. The molecule has 32 heavy (non-hydrogen) atoms. The molecule has 3 aromatic carbocycles. The van der Waals surface area contributed by atoms with E-state index in [1.807, 2.05) is 30.3 Å². The van der Waals surface area contributed by atoms with Crippen LogP contribution in [0, 0.1) is 17.5 Å². The van der Waals surface area contributed by atoms with Crippen molar-refractivity contribution in [2.75, 3.05) is 31.5 Å². The molecule has 1 unspecified atom stereocenters. The number of hydrogen-bond acceptors (Lipinski definition) is 2. The summed E-state index contributed by atoms with van der Waals surface area (Å²) in [7, 11) is 0. The number of rotatable bonds is 4. The van der Waals surface area contributed by atoms with E-state index >= 15 is 0 Å². The second-order valence-electron chi connectivity index (χ2n) is 7.54. The third-order valence-corrected chi connectivity index (χ3v) is 6.07. The summed E-state index contributed by atoms with van der Waals surface area (Å²) >= 11 is 3.48. The minimum atomic E-state index is -1.60. The van der Waals surface area contributed by atoms with Crippen LogP contribution in [0.3, 0.4) is 0 Å². The quantitative estimate of drug-likeness (QED) is 0.456. The number of benzene rings is 3. The first-order chi connectivity index (χ1) is 15.4. The van der Waals surface area contributed by atoms with Gasteiger partial charge in [0.05, 0.1) is 11.7 Å². The molecule has 0 bridgehead atoms. The van der Waals surface area contributed by atoms with Crippen molar-refractivity contribution in [1.82, 2.24) is 9.80 Å². The first-order valence-corrected chi connectivity index (χ1v) is 11.0. The number of amides is 2. The van der Waals surface area contributed by atoms with Crippen molar-refractivity contribution in [2.45, 2.75) is 6.04 Å². The van der Waals surface area contributed by atoms with Gasteiger partial charge in [0.1, 0.15) is 0 Å². The van der Waals surface area contributed by atoms with Gasteiger partial charge in [-0.2, -0.15) is 0 Å². The lowest BCUT2D eigenvalue weighted by molar-refractivity contribution is 0.126. The first kappa shape index (κ1) is 22.4. The summed E-state index contributed by atoms with van der Waals surface area (Å²) in [5.41, 5.74) is 1.91. The van der Waals surface area contributed by atoms with Crippen molar-refractivity contribution in [3.05, 3.63) is 99.8 Å². The fourth-order valence-corrected chi connectivity index (χ4v) is 4.16. The molecule has 1 heterocycles. The molecule has 1 N–H and O–H groups in total. The molecule has 0 aromatic heterocycles. The van der Waals surface area contributed by atoms with E-state index < -0.39 is 23.5 Å². The number of urea groups is 1. The highest BCUT2D eigenvalue weighted by atomic mass is 79.9. The van der Waals surface area contributed by atoms with Crippen LogP contribution in [0.25, 0.3) is 0 Å². The molecular weight excluding hydrogens is 483 g/mol. The molecule has 0 saturated carbocycles. The highest BCUT2D eigenvalue weighted by molar-refractivity contribution is 9.10. The van der Waals surface area contributed by atoms with Crippen LogP contribution >= 0.6 is 15.9 Å². The molecule has 0 radical (unpaired) electrons. The van der Waals surface area contributed by atoms with Gasteiger partial charge in [-0.05, 0) is 35.4 Å². The number of halogens is 4. The Kier molecular flexibility index (Phi) is 6.81. The molecule has 4 rings (SSSR count). The summed E-state index contributed by atoms with van der Waals surface area (Å²) in [6, 6.07) is 19.6. The third-order valence-electron chi connectivity index (χ3n) is 5.54. The fourth-order valence-electron chi connectivity index (χ4n) is 3.89. The predicted molar refractivity (Wildman–Crippen MR) is 121 cm³/mol. The Labute approximate surface area is 192 Å². The average molecular weight is 504 g/mol. The summed E-state index contributed by atoms with van der Waals surface area (Å²) in [6.45, 7) is 2.03. The molecule has 0 aliphatic carbocycles. The van der Waals surface area contributed by atoms with Crippen LogP contribution in [0.2, 0.25) is 0 Å². The van der Waals surface area contributed by atoms with E-state index in [1.165, 1.54) is 0 Å². The maximum absolute atomic E-state index is 13.9. The molecule has 1 saturated heterocycles. The van der Waals surface area contributed by atoms with Gasteiger partial charge < -0.3 is 10.2 Å². The Morgan fingerprint density at radius 3 is 2.09 bits per heavy atom. The number of nitrogens with one attached hydrogen (secondary N) is 1. The lowest BCUT2D eigenvalue weighted by Crippen LogP contribution is -2.51. The van der Waals surface area contributed by atoms with E-state index in [0.717, 1.165) is 27.7 Å². The van der Waals surface area contributed by atoms with Gasteiger partial charge >= 0.3 is 6.03 Å². The molecule has 2 amide bonds. The molecule has 1 aliphatic rings. The Hall–Kier alpha value is -2.84. The number of hydrogen-bond donors (Lipinski definition) is 1. The molecule has 4 nitrogen and oxygen atoms in total. The van der Waals surface area contributed by atoms with Crippen molar-refractivity contribution in [2.24, 2.45) is 0 Å². The van der Waals surface area contributed by atoms with E-state index in [-0.39, 0.29) is 11.7 Å². The number of carbonyl (C=O) groups is 1. The van der Waals surface area contributed by atoms with Crippen LogP contribution < -0.4 is 5.32 Å². The number of nitrogens with zero attached hydrogens (tertiary/aromatic N) is 2. The molecule has 1 atom stereocenters. The Morgan fingerprint density at radius 2 is 1.44 bits per heavy atom. The number of anilines is 1. The lowest BCUT2D eigenvalue weighted by Gasteiger charge is -2.39.